The molecule has 1 N–H and O–H groups in total. The Bertz CT molecular complexity index is 540. The quantitative estimate of drug-likeness (QED) is 0.913. The van der Waals surface area contributed by atoms with E-state index in [1.165, 1.54) is 11.5 Å². The number of nitrogens with zero attached hydrogens (tertiary/aromatic N) is 2. The predicted molar refractivity (Wildman–Crippen MR) is 75.7 cm³/mol. The maximum absolute atomic E-state index is 10.3. The minimum atomic E-state index is -0.565. The van der Waals surface area contributed by atoms with E-state index in [0.717, 1.165) is 21.9 Å². The van der Waals surface area contributed by atoms with Crippen molar-refractivity contribution >= 4 is 11.5 Å². The van der Waals surface area contributed by atoms with Crippen LogP contribution in [0, 0.1) is 0 Å². The van der Waals surface area contributed by atoms with Crippen LogP contribution in [0.5, 0.6) is 5.75 Å². The molecule has 1 unspecified atom stereocenters. The average molecular weight is 278 g/mol. The lowest BCUT2D eigenvalue weighted by atomic mass is 10.0. The number of hydrogen-bond acceptors (Lipinski definition) is 5. The van der Waals surface area contributed by atoms with Crippen LogP contribution in [0.3, 0.4) is 0 Å². The molecule has 0 radical (unpaired) electrons. The summed E-state index contributed by atoms with van der Waals surface area (Å²) in [6.07, 6.45) is -0.0228. The zero-order valence-electron chi connectivity index (χ0n) is 11.3. The zero-order chi connectivity index (χ0) is 13.8. The van der Waals surface area contributed by atoms with Crippen molar-refractivity contribution in [3.8, 4) is 5.75 Å². The first-order valence-corrected chi connectivity index (χ1v) is 7.02. The smallest absolute Gasteiger partial charge is 0.119 e. The van der Waals surface area contributed by atoms with Crippen molar-refractivity contribution in [2.45, 2.75) is 32.3 Å². The van der Waals surface area contributed by atoms with Gasteiger partial charge in [0, 0.05) is 6.42 Å². The maximum atomic E-state index is 10.3. The van der Waals surface area contributed by atoms with Gasteiger partial charge in [0.2, 0.25) is 0 Å². The molecule has 1 aromatic heterocycles. The van der Waals surface area contributed by atoms with E-state index in [-0.39, 0.29) is 5.92 Å². The van der Waals surface area contributed by atoms with Gasteiger partial charge in [-0.3, -0.25) is 0 Å². The Morgan fingerprint density at radius 1 is 1.37 bits per heavy atom. The second-order valence-electron chi connectivity index (χ2n) is 4.75. The molecule has 0 saturated heterocycles. The maximum Gasteiger partial charge on any atom is 0.119 e. The summed E-state index contributed by atoms with van der Waals surface area (Å²) in [6.45, 7) is 4.11. The first-order valence-electron chi connectivity index (χ1n) is 6.25. The number of rotatable bonds is 5. The molecule has 102 valence electrons. The highest BCUT2D eigenvalue weighted by molar-refractivity contribution is 7.05. The minimum absolute atomic E-state index is 0.272. The highest BCUT2D eigenvalue weighted by Gasteiger charge is 2.19. The topological polar surface area (TPSA) is 55.2 Å². The lowest BCUT2D eigenvalue weighted by molar-refractivity contribution is 0.180. The monoisotopic (exact) mass is 278 g/mol. The molecule has 0 spiro atoms. The molecule has 0 bridgehead atoms. The van der Waals surface area contributed by atoms with Crippen molar-refractivity contribution in [1.29, 1.82) is 0 Å². The molecule has 1 aromatic carbocycles. The Morgan fingerprint density at radius 3 is 2.84 bits per heavy atom. The van der Waals surface area contributed by atoms with Crippen LogP contribution in [0.2, 0.25) is 0 Å². The first kappa shape index (κ1) is 14.0. The van der Waals surface area contributed by atoms with E-state index in [1.54, 1.807) is 7.11 Å². The zero-order valence-corrected chi connectivity index (χ0v) is 12.1. The molecule has 4 nitrogen and oxygen atoms in total. The number of ether oxygens (including phenoxy) is 1. The predicted octanol–water partition coefficient (Wildman–Crippen LogP) is 2.95. The Hall–Kier alpha value is -1.46. The summed E-state index contributed by atoms with van der Waals surface area (Å²) < 4.78 is 9.13. The van der Waals surface area contributed by atoms with Crippen LogP contribution in [0.4, 0.5) is 0 Å². The Morgan fingerprint density at radius 2 is 2.16 bits per heavy atom. The molecule has 0 amide bonds. The fourth-order valence-electron chi connectivity index (χ4n) is 1.95. The molecule has 2 rings (SSSR count). The van der Waals surface area contributed by atoms with Crippen molar-refractivity contribution in [2.24, 2.45) is 0 Å². The molecular formula is C14H18N2O2S. The third kappa shape index (κ3) is 3.30. The standard InChI is InChI=1S/C14H18N2O2S/c1-9(2)13-14(19-16-15-13)12(17)8-10-5-4-6-11(7-10)18-3/h4-7,9,12,17H,8H2,1-3H3. The van der Waals surface area contributed by atoms with Gasteiger partial charge in [0.15, 0.2) is 0 Å². The van der Waals surface area contributed by atoms with E-state index >= 15 is 0 Å². The molecule has 0 aliphatic rings. The van der Waals surface area contributed by atoms with E-state index in [0.29, 0.717) is 6.42 Å². The van der Waals surface area contributed by atoms with E-state index in [9.17, 15) is 5.11 Å². The molecule has 0 fully saturated rings. The van der Waals surface area contributed by atoms with Gasteiger partial charge in [-0.05, 0) is 35.1 Å². The van der Waals surface area contributed by atoms with Crippen LogP contribution in [0.1, 0.15) is 42.0 Å². The second-order valence-corrected chi connectivity index (χ2v) is 5.53. The normalized spacial score (nSPS) is 12.7. The van der Waals surface area contributed by atoms with E-state index < -0.39 is 6.10 Å². The Balaban J connectivity index is 2.16. The first-order chi connectivity index (χ1) is 9.11. The van der Waals surface area contributed by atoms with E-state index in [2.05, 4.69) is 23.4 Å². The lowest BCUT2D eigenvalue weighted by Crippen LogP contribution is -2.04. The summed E-state index contributed by atoms with van der Waals surface area (Å²) in [5, 5.41) is 14.4. The summed E-state index contributed by atoms with van der Waals surface area (Å²) in [7, 11) is 1.64. The molecule has 2 aromatic rings. The van der Waals surface area contributed by atoms with Gasteiger partial charge in [0.25, 0.3) is 0 Å². The van der Waals surface area contributed by atoms with Crippen LogP contribution >= 0.6 is 11.5 Å². The van der Waals surface area contributed by atoms with E-state index in [1.807, 2.05) is 24.3 Å². The molecule has 1 atom stereocenters. The van der Waals surface area contributed by atoms with Crippen molar-refractivity contribution in [1.82, 2.24) is 9.59 Å². The summed E-state index contributed by atoms with van der Waals surface area (Å²) in [6, 6.07) is 7.74. The summed E-state index contributed by atoms with van der Waals surface area (Å²) in [5.41, 5.74) is 1.93. The van der Waals surface area contributed by atoms with Crippen molar-refractivity contribution in [3.05, 3.63) is 40.4 Å². The number of aliphatic hydroxyl groups excluding tert-OH is 1. The second kappa shape index (κ2) is 6.12. The van der Waals surface area contributed by atoms with Crippen LogP contribution in [-0.2, 0) is 6.42 Å². The summed E-state index contributed by atoms with van der Waals surface area (Å²) >= 11 is 1.27. The molecule has 0 aliphatic carbocycles. The minimum Gasteiger partial charge on any atom is -0.497 e. The van der Waals surface area contributed by atoms with Gasteiger partial charge in [0.05, 0.1) is 23.8 Å². The van der Waals surface area contributed by atoms with Crippen molar-refractivity contribution in [2.75, 3.05) is 7.11 Å². The third-order valence-corrected chi connectivity index (χ3v) is 3.79. The largest absolute Gasteiger partial charge is 0.497 e. The molecule has 19 heavy (non-hydrogen) atoms. The number of hydrogen-bond donors (Lipinski definition) is 1. The SMILES string of the molecule is COc1cccc(CC(O)c2snnc2C(C)C)c1. The van der Waals surface area contributed by atoms with Crippen molar-refractivity contribution < 1.29 is 9.84 Å². The van der Waals surface area contributed by atoms with E-state index in [4.69, 9.17) is 4.74 Å². The summed E-state index contributed by atoms with van der Waals surface area (Å²) in [5.74, 6) is 1.07. The van der Waals surface area contributed by atoms with Crippen LogP contribution in [-0.4, -0.2) is 21.8 Å². The fourth-order valence-corrected chi connectivity index (χ4v) is 2.74. The van der Waals surface area contributed by atoms with Crippen molar-refractivity contribution in [3.63, 3.8) is 0 Å². The number of aromatic nitrogens is 2. The van der Waals surface area contributed by atoms with Crippen LogP contribution in [0.15, 0.2) is 24.3 Å². The van der Waals surface area contributed by atoms with Gasteiger partial charge < -0.3 is 9.84 Å². The van der Waals surface area contributed by atoms with Gasteiger partial charge in [0.1, 0.15) is 5.75 Å². The lowest BCUT2D eigenvalue weighted by Gasteiger charge is -2.12. The fraction of sp³-hybridized carbons (Fsp3) is 0.429. The van der Waals surface area contributed by atoms with Gasteiger partial charge in [-0.15, -0.1) is 5.10 Å². The number of methoxy groups -OCH3 is 1. The molecule has 0 aliphatic heterocycles. The molecule has 1 heterocycles. The average Bonchev–Trinajstić information content (AvgIpc) is 2.88. The molecular weight excluding hydrogens is 260 g/mol. The Labute approximate surface area is 117 Å². The summed E-state index contributed by atoms with van der Waals surface area (Å²) in [4.78, 5) is 0.859. The van der Waals surface area contributed by atoms with Crippen LogP contribution < -0.4 is 4.74 Å². The van der Waals surface area contributed by atoms with Gasteiger partial charge in [-0.1, -0.05) is 30.5 Å². The van der Waals surface area contributed by atoms with Gasteiger partial charge >= 0.3 is 0 Å². The highest BCUT2D eigenvalue weighted by Crippen LogP contribution is 2.29. The number of aliphatic hydroxyl groups is 1. The molecule has 0 saturated carbocycles. The third-order valence-electron chi connectivity index (χ3n) is 2.95. The van der Waals surface area contributed by atoms with Gasteiger partial charge in [-0.2, -0.15) is 0 Å². The number of benzene rings is 1. The Kier molecular flexibility index (Phi) is 4.50. The van der Waals surface area contributed by atoms with Crippen LogP contribution in [0.25, 0.3) is 0 Å². The molecule has 5 heteroatoms. The highest BCUT2D eigenvalue weighted by atomic mass is 32.1. The van der Waals surface area contributed by atoms with Gasteiger partial charge in [-0.25, -0.2) is 0 Å².